The SMILES string of the molecule is O=C(NCc1ccncc1)[C@H]1CC[C@]2(S(=O)(=O)c3ccc(F)cc3)c3ccc(C(F)(C(F)(F)F)C(F)(F)F)cc3CC[C@H]12. The van der Waals surface area contributed by atoms with E-state index < -0.39 is 61.7 Å². The standard InChI is InChI=1S/C29H24F8N2O3S/c30-20-3-5-21(6-4-20)43(41,42)26-12-9-22(25(40)39-16-17-10-13-38-14-11-17)24(26)7-1-18-15-19(2-8-23(18)26)27(31,28(32,33)34)29(35,36)37/h2-6,8,10-11,13-15,22,24H,1,7,9,12,16H2,(H,39,40)/t22-,24+,26-/m0/s1. The molecule has 0 unspecified atom stereocenters. The van der Waals surface area contributed by atoms with Crippen molar-refractivity contribution in [1.82, 2.24) is 10.3 Å². The number of alkyl halides is 7. The molecule has 5 nitrogen and oxygen atoms in total. The molecule has 1 heterocycles. The molecule has 1 fully saturated rings. The van der Waals surface area contributed by atoms with Crippen molar-refractivity contribution in [2.75, 3.05) is 0 Å². The molecule has 0 bridgehead atoms. The van der Waals surface area contributed by atoms with Crippen LogP contribution in [0.4, 0.5) is 35.1 Å². The Hall–Kier alpha value is -3.55. The van der Waals surface area contributed by atoms with E-state index in [9.17, 15) is 48.3 Å². The van der Waals surface area contributed by atoms with Crippen LogP contribution in [0.2, 0.25) is 0 Å². The maximum absolute atomic E-state index is 14.9. The average Bonchev–Trinajstić information content (AvgIpc) is 3.37. The molecule has 5 rings (SSSR count). The van der Waals surface area contributed by atoms with Gasteiger partial charge in [-0.05, 0) is 84.7 Å². The average molecular weight is 633 g/mol. The largest absolute Gasteiger partial charge is 0.435 e. The second kappa shape index (κ2) is 10.6. The fourth-order valence-corrected chi connectivity index (χ4v) is 8.99. The first-order valence-electron chi connectivity index (χ1n) is 13.2. The summed E-state index contributed by atoms with van der Waals surface area (Å²) in [5.41, 5.74) is -7.00. The highest BCUT2D eigenvalue weighted by Gasteiger charge is 2.73. The highest BCUT2D eigenvalue weighted by Crippen LogP contribution is 2.60. The molecule has 1 aromatic heterocycles. The minimum atomic E-state index is -6.35. The van der Waals surface area contributed by atoms with Gasteiger partial charge in [0.15, 0.2) is 9.84 Å². The number of sulfone groups is 1. The number of aryl methyl sites for hydroxylation is 1. The van der Waals surface area contributed by atoms with Crippen molar-refractivity contribution in [1.29, 1.82) is 0 Å². The van der Waals surface area contributed by atoms with Crippen LogP contribution in [0.1, 0.15) is 41.5 Å². The Morgan fingerprint density at radius 3 is 2.14 bits per heavy atom. The van der Waals surface area contributed by atoms with Gasteiger partial charge in [0.1, 0.15) is 10.6 Å². The van der Waals surface area contributed by atoms with Crippen LogP contribution in [0.25, 0.3) is 0 Å². The third kappa shape index (κ3) is 4.87. The monoisotopic (exact) mass is 632 g/mol. The smallest absolute Gasteiger partial charge is 0.352 e. The van der Waals surface area contributed by atoms with Crippen LogP contribution in [-0.4, -0.2) is 31.7 Å². The normalized spacial score (nSPS) is 22.5. The van der Waals surface area contributed by atoms with Crippen molar-refractivity contribution < 1.29 is 48.3 Å². The minimum absolute atomic E-state index is 0.0343. The minimum Gasteiger partial charge on any atom is -0.352 e. The summed E-state index contributed by atoms with van der Waals surface area (Å²) in [6.45, 7) is 0.107. The number of pyridine rings is 1. The molecule has 1 N–H and O–H groups in total. The topological polar surface area (TPSA) is 76.1 Å². The van der Waals surface area contributed by atoms with E-state index in [4.69, 9.17) is 0 Å². The molecule has 2 aliphatic carbocycles. The number of nitrogens with zero attached hydrogens (tertiary/aromatic N) is 1. The number of halogens is 8. The molecular formula is C29H24F8N2O3S. The number of carbonyl (C=O) groups excluding carboxylic acids is 1. The van der Waals surface area contributed by atoms with Gasteiger partial charge in [-0.3, -0.25) is 9.78 Å². The molecular weight excluding hydrogens is 608 g/mol. The Labute approximate surface area is 241 Å². The molecule has 0 saturated heterocycles. The van der Waals surface area contributed by atoms with E-state index in [1.165, 1.54) is 12.4 Å². The summed E-state index contributed by atoms with van der Waals surface area (Å²) >= 11 is 0. The quantitative estimate of drug-likeness (QED) is 0.250. The summed E-state index contributed by atoms with van der Waals surface area (Å²) < 4.78 is 136. The van der Waals surface area contributed by atoms with Gasteiger partial charge in [0.05, 0.1) is 4.90 Å². The number of rotatable bonds is 6. The number of hydrogen-bond donors (Lipinski definition) is 1. The van der Waals surface area contributed by atoms with Gasteiger partial charge in [-0.25, -0.2) is 17.2 Å². The Morgan fingerprint density at radius 1 is 0.907 bits per heavy atom. The Balaban J connectivity index is 1.62. The van der Waals surface area contributed by atoms with E-state index in [-0.39, 0.29) is 48.3 Å². The predicted molar refractivity (Wildman–Crippen MR) is 137 cm³/mol. The fourth-order valence-electron chi connectivity index (χ4n) is 6.51. The molecule has 0 spiro atoms. The van der Waals surface area contributed by atoms with Crippen molar-refractivity contribution in [2.24, 2.45) is 11.8 Å². The Morgan fingerprint density at radius 2 is 1.53 bits per heavy atom. The lowest BCUT2D eigenvalue weighted by Gasteiger charge is -2.42. The van der Waals surface area contributed by atoms with Gasteiger partial charge in [-0.1, -0.05) is 18.2 Å². The molecule has 1 amide bonds. The van der Waals surface area contributed by atoms with Crippen molar-refractivity contribution in [2.45, 2.75) is 59.9 Å². The van der Waals surface area contributed by atoms with E-state index in [1.807, 2.05) is 0 Å². The maximum atomic E-state index is 14.9. The van der Waals surface area contributed by atoms with E-state index in [2.05, 4.69) is 10.3 Å². The molecule has 1 saturated carbocycles. The highest BCUT2D eigenvalue weighted by atomic mass is 32.2. The third-order valence-corrected chi connectivity index (χ3v) is 11.1. The second-order valence-corrected chi connectivity index (χ2v) is 12.9. The van der Waals surface area contributed by atoms with Crippen LogP contribution in [0.3, 0.4) is 0 Å². The predicted octanol–water partition coefficient (Wildman–Crippen LogP) is 6.47. The molecule has 14 heteroatoms. The Kier molecular flexibility index (Phi) is 7.59. The Bertz CT molecular complexity index is 1610. The number of aromatic nitrogens is 1. The van der Waals surface area contributed by atoms with Crippen molar-refractivity contribution in [3.05, 3.63) is 95.1 Å². The van der Waals surface area contributed by atoms with Gasteiger partial charge in [0.25, 0.3) is 0 Å². The molecule has 0 radical (unpaired) electrons. The summed E-state index contributed by atoms with van der Waals surface area (Å²) in [5.74, 6) is -3.02. The third-order valence-electron chi connectivity index (χ3n) is 8.53. The molecule has 2 aliphatic rings. The zero-order chi connectivity index (χ0) is 31.4. The van der Waals surface area contributed by atoms with Gasteiger partial charge in [0, 0.05) is 30.4 Å². The highest BCUT2D eigenvalue weighted by molar-refractivity contribution is 7.92. The van der Waals surface area contributed by atoms with Gasteiger partial charge < -0.3 is 5.32 Å². The van der Waals surface area contributed by atoms with E-state index in [0.717, 1.165) is 35.9 Å². The number of fused-ring (bicyclic) bond motifs is 3. The first kappa shape index (κ1) is 30.9. The molecule has 43 heavy (non-hydrogen) atoms. The summed E-state index contributed by atoms with van der Waals surface area (Å²) in [5, 5.41) is 2.77. The molecule has 0 aliphatic heterocycles. The van der Waals surface area contributed by atoms with Gasteiger partial charge in [-0.2, -0.15) is 26.3 Å². The lowest BCUT2D eigenvalue weighted by molar-refractivity contribution is -0.348. The van der Waals surface area contributed by atoms with Gasteiger partial charge >= 0.3 is 18.0 Å². The van der Waals surface area contributed by atoms with Crippen LogP contribution in [-0.2, 0) is 38.0 Å². The second-order valence-electron chi connectivity index (χ2n) is 10.7. The van der Waals surface area contributed by atoms with Crippen molar-refractivity contribution >= 4 is 15.7 Å². The first-order chi connectivity index (χ1) is 20.0. The number of benzene rings is 2. The van der Waals surface area contributed by atoms with Crippen LogP contribution in [0.15, 0.2) is 71.9 Å². The lowest BCUT2D eigenvalue weighted by Crippen LogP contribution is -2.51. The maximum Gasteiger partial charge on any atom is 0.435 e. The van der Waals surface area contributed by atoms with Crippen LogP contribution in [0.5, 0.6) is 0 Å². The molecule has 3 atom stereocenters. The van der Waals surface area contributed by atoms with Crippen molar-refractivity contribution in [3.63, 3.8) is 0 Å². The number of carbonyl (C=O) groups is 1. The summed E-state index contributed by atoms with van der Waals surface area (Å²) in [6, 6.07) is 8.69. The van der Waals surface area contributed by atoms with E-state index >= 15 is 0 Å². The van der Waals surface area contributed by atoms with Gasteiger partial charge in [0.2, 0.25) is 5.91 Å². The zero-order valence-corrected chi connectivity index (χ0v) is 23.0. The van der Waals surface area contributed by atoms with E-state index in [0.29, 0.717) is 12.1 Å². The number of hydrogen-bond acceptors (Lipinski definition) is 4. The van der Waals surface area contributed by atoms with Crippen LogP contribution in [0, 0.1) is 17.7 Å². The number of nitrogens with one attached hydrogen (secondary N) is 1. The molecule has 230 valence electrons. The number of amides is 1. The molecule has 3 aromatic rings. The summed E-state index contributed by atoms with van der Waals surface area (Å²) in [6.07, 6.45) is -10.1. The van der Waals surface area contributed by atoms with Gasteiger partial charge in [-0.15, -0.1) is 0 Å². The summed E-state index contributed by atoms with van der Waals surface area (Å²) in [4.78, 5) is 16.9. The molecule has 2 aromatic carbocycles. The van der Waals surface area contributed by atoms with Crippen LogP contribution < -0.4 is 5.32 Å². The van der Waals surface area contributed by atoms with E-state index in [1.54, 1.807) is 12.1 Å². The van der Waals surface area contributed by atoms with Crippen LogP contribution >= 0.6 is 0 Å². The zero-order valence-electron chi connectivity index (χ0n) is 22.1. The van der Waals surface area contributed by atoms with Crippen molar-refractivity contribution in [3.8, 4) is 0 Å². The summed E-state index contributed by atoms with van der Waals surface area (Å²) in [7, 11) is -4.52. The first-order valence-corrected chi connectivity index (χ1v) is 14.7. The fraction of sp³-hybridized carbons (Fsp3) is 0.379. The lowest BCUT2D eigenvalue weighted by atomic mass is 9.72.